The van der Waals surface area contributed by atoms with Gasteiger partial charge in [-0.3, -0.25) is 4.98 Å². The topological polar surface area (TPSA) is 33.1 Å². The highest BCUT2D eigenvalue weighted by atomic mass is 127. The smallest absolute Gasteiger partial charge is 0.130 e. The predicted octanol–water partition coefficient (Wildman–Crippen LogP) is 4.44. The normalized spacial score (nSPS) is 10.9. The van der Waals surface area contributed by atoms with Gasteiger partial charge in [0.15, 0.2) is 0 Å². The molecule has 1 N–H and O–H groups in total. The molecule has 0 bridgehead atoms. The van der Waals surface area contributed by atoms with E-state index in [4.69, 9.17) is 0 Å². The van der Waals surface area contributed by atoms with Crippen LogP contribution in [-0.4, -0.2) is 10.1 Å². The van der Waals surface area contributed by atoms with Gasteiger partial charge in [-0.2, -0.15) is 0 Å². The predicted molar refractivity (Wildman–Crippen MR) is 90.1 cm³/mol. The van der Waals surface area contributed by atoms with Crippen LogP contribution in [0.3, 0.4) is 0 Å². The third-order valence-corrected chi connectivity index (χ3v) is 4.18. The summed E-state index contributed by atoms with van der Waals surface area (Å²) in [5, 5.41) is 11.3. The molecule has 3 heteroatoms. The fourth-order valence-electron chi connectivity index (χ4n) is 2.37. The van der Waals surface area contributed by atoms with Crippen LogP contribution >= 0.6 is 22.6 Å². The van der Waals surface area contributed by atoms with Crippen LogP contribution in [0.15, 0.2) is 48.5 Å². The van der Waals surface area contributed by atoms with Gasteiger partial charge in [-0.15, -0.1) is 0 Å². The molecule has 0 aliphatic rings. The molecular weight excluding hydrogens is 361 g/mol. The highest BCUT2D eigenvalue weighted by molar-refractivity contribution is 14.1. The minimum atomic E-state index is 0.353. The maximum Gasteiger partial charge on any atom is 0.130 e. The number of hydrogen-bond acceptors (Lipinski definition) is 2. The summed E-state index contributed by atoms with van der Waals surface area (Å²) in [7, 11) is 0. The van der Waals surface area contributed by atoms with E-state index in [9.17, 15) is 5.11 Å². The van der Waals surface area contributed by atoms with Gasteiger partial charge in [0.25, 0.3) is 0 Å². The van der Waals surface area contributed by atoms with Gasteiger partial charge >= 0.3 is 0 Å². The van der Waals surface area contributed by atoms with Crippen molar-refractivity contribution < 1.29 is 5.11 Å². The zero-order chi connectivity index (χ0) is 14.1. The number of halogens is 1. The molecule has 2 aromatic carbocycles. The lowest BCUT2D eigenvalue weighted by molar-refractivity contribution is 0.474. The minimum Gasteiger partial charge on any atom is -0.507 e. The molecule has 3 aromatic rings. The molecule has 0 amide bonds. The highest BCUT2D eigenvalue weighted by Crippen LogP contribution is 2.31. The molecule has 1 heterocycles. The quantitative estimate of drug-likeness (QED) is 0.672. The second-order valence-electron chi connectivity index (χ2n) is 4.84. The van der Waals surface area contributed by atoms with Crippen LogP contribution < -0.4 is 0 Å². The fraction of sp³-hybridized carbons (Fsp3) is 0.118. The van der Waals surface area contributed by atoms with Crippen molar-refractivity contribution in [1.82, 2.24) is 4.98 Å². The van der Waals surface area contributed by atoms with E-state index in [0.29, 0.717) is 12.2 Å². The first-order valence-electron chi connectivity index (χ1n) is 6.47. The van der Waals surface area contributed by atoms with Gasteiger partial charge in [-0.25, -0.2) is 0 Å². The molecule has 1 aromatic heterocycles. The number of fused-ring (bicyclic) bond motifs is 1. The molecule has 20 heavy (non-hydrogen) atoms. The van der Waals surface area contributed by atoms with E-state index in [0.717, 1.165) is 22.2 Å². The summed E-state index contributed by atoms with van der Waals surface area (Å²) in [4.78, 5) is 4.59. The number of rotatable bonds is 2. The summed E-state index contributed by atoms with van der Waals surface area (Å²) in [6.45, 7) is 1.95. The molecule has 3 rings (SSSR count). The second kappa shape index (κ2) is 5.40. The van der Waals surface area contributed by atoms with Crippen molar-refractivity contribution in [3.8, 4) is 5.75 Å². The summed E-state index contributed by atoms with van der Waals surface area (Å²) in [6.07, 6.45) is 0.701. The molecule has 0 aliphatic heterocycles. The maximum atomic E-state index is 10.5. The van der Waals surface area contributed by atoms with Gasteiger partial charge in [0.05, 0.1) is 5.52 Å². The molecule has 0 aliphatic carbocycles. The number of pyridine rings is 1. The zero-order valence-electron chi connectivity index (χ0n) is 11.1. The Kier molecular flexibility index (Phi) is 3.61. The SMILES string of the molecule is Cc1nc2ccccc2c(O)c1Cc1ccc(I)cc1. The molecular formula is C17H14INO. The Morgan fingerprint density at radius 1 is 1.05 bits per heavy atom. The van der Waals surface area contributed by atoms with Gasteiger partial charge in [0.2, 0.25) is 0 Å². The summed E-state index contributed by atoms with van der Waals surface area (Å²) >= 11 is 2.29. The van der Waals surface area contributed by atoms with Crippen molar-refractivity contribution in [3.63, 3.8) is 0 Å². The van der Waals surface area contributed by atoms with Crippen molar-refractivity contribution in [3.05, 3.63) is 68.9 Å². The zero-order valence-corrected chi connectivity index (χ0v) is 13.3. The molecule has 100 valence electrons. The molecule has 0 saturated heterocycles. The van der Waals surface area contributed by atoms with E-state index in [1.165, 1.54) is 9.13 Å². The molecule has 0 spiro atoms. The Bertz CT molecular complexity index is 766. The summed E-state index contributed by atoms with van der Waals surface area (Å²) in [5.41, 5.74) is 3.82. The maximum absolute atomic E-state index is 10.5. The van der Waals surface area contributed by atoms with Crippen LogP contribution in [-0.2, 0) is 6.42 Å². The largest absolute Gasteiger partial charge is 0.507 e. The second-order valence-corrected chi connectivity index (χ2v) is 6.09. The van der Waals surface area contributed by atoms with Crippen LogP contribution in [0.2, 0.25) is 0 Å². The molecule has 2 nitrogen and oxygen atoms in total. The van der Waals surface area contributed by atoms with E-state index < -0.39 is 0 Å². The Labute approximate surface area is 131 Å². The highest BCUT2D eigenvalue weighted by Gasteiger charge is 2.12. The fourth-order valence-corrected chi connectivity index (χ4v) is 2.73. The Morgan fingerprint density at radius 3 is 2.50 bits per heavy atom. The molecule has 0 radical (unpaired) electrons. The van der Waals surface area contributed by atoms with E-state index in [1.54, 1.807) is 0 Å². The number of hydrogen-bond donors (Lipinski definition) is 1. The van der Waals surface area contributed by atoms with Crippen LogP contribution in [0.5, 0.6) is 5.75 Å². The van der Waals surface area contributed by atoms with Crippen LogP contribution in [0.25, 0.3) is 10.9 Å². The number of para-hydroxylation sites is 1. The Balaban J connectivity index is 2.09. The summed E-state index contributed by atoms with van der Waals surface area (Å²) in [6, 6.07) is 16.0. The molecule has 0 fully saturated rings. The van der Waals surface area contributed by atoms with Crippen LogP contribution in [0.4, 0.5) is 0 Å². The lowest BCUT2D eigenvalue weighted by Crippen LogP contribution is -1.97. The minimum absolute atomic E-state index is 0.353. The van der Waals surface area contributed by atoms with Crippen LogP contribution in [0.1, 0.15) is 16.8 Å². The van der Waals surface area contributed by atoms with Gasteiger partial charge in [0.1, 0.15) is 5.75 Å². The lowest BCUT2D eigenvalue weighted by atomic mass is 10.0. The summed E-state index contributed by atoms with van der Waals surface area (Å²) < 4.78 is 1.21. The molecule has 0 atom stereocenters. The van der Waals surface area contributed by atoms with E-state index in [-0.39, 0.29) is 0 Å². The first kappa shape index (κ1) is 13.4. The average Bonchev–Trinajstić information content (AvgIpc) is 2.45. The van der Waals surface area contributed by atoms with Crippen molar-refractivity contribution in [2.45, 2.75) is 13.3 Å². The third-order valence-electron chi connectivity index (χ3n) is 3.46. The molecule has 0 saturated carbocycles. The first-order valence-corrected chi connectivity index (χ1v) is 7.54. The monoisotopic (exact) mass is 375 g/mol. The van der Waals surface area contributed by atoms with Gasteiger partial charge in [-0.05, 0) is 59.3 Å². The third kappa shape index (κ3) is 2.50. The number of benzene rings is 2. The van der Waals surface area contributed by atoms with Crippen molar-refractivity contribution in [2.24, 2.45) is 0 Å². The van der Waals surface area contributed by atoms with Crippen molar-refractivity contribution in [1.29, 1.82) is 0 Å². The first-order chi connectivity index (χ1) is 9.65. The average molecular weight is 375 g/mol. The number of aryl methyl sites for hydroxylation is 1. The number of aromatic hydroxyl groups is 1. The van der Waals surface area contributed by atoms with E-state index in [2.05, 4.69) is 51.8 Å². The van der Waals surface area contributed by atoms with Gasteiger partial charge in [0, 0.05) is 26.6 Å². The summed E-state index contributed by atoms with van der Waals surface area (Å²) in [5.74, 6) is 0.353. The van der Waals surface area contributed by atoms with Crippen molar-refractivity contribution >= 4 is 33.5 Å². The lowest BCUT2D eigenvalue weighted by Gasteiger charge is -2.11. The van der Waals surface area contributed by atoms with Gasteiger partial charge in [-0.1, -0.05) is 24.3 Å². The van der Waals surface area contributed by atoms with Crippen molar-refractivity contribution in [2.75, 3.05) is 0 Å². The van der Waals surface area contributed by atoms with E-state index >= 15 is 0 Å². The standard InChI is InChI=1S/C17H14INO/c1-11-15(10-12-6-8-13(18)9-7-12)17(20)14-4-2-3-5-16(14)19-11/h2-9H,10H2,1H3,(H,19,20). The Hall–Kier alpha value is -1.62. The van der Waals surface area contributed by atoms with Crippen LogP contribution in [0, 0.1) is 10.5 Å². The Morgan fingerprint density at radius 2 is 1.75 bits per heavy atom. The number of nitrogens with zero attached hydrogens (tertiary/aromatic N) is 1. The number of aromatic nitrogens is 1. The van der Waals surface area contributed by atoms with E-state index in [1.807, 2.05) is 31.2 Å². The molecule has 0 unspecified atom stereocenters. The van der Waals surface area contributed by atoms with Gasteiger partial charge < -0.3 is 5.11 Å².